The van der Waals surface area contributed by atoms with Crippen LogP contribution in [0.4, 0.5) is 0 Å². The first-order valence-corrected chi connectivity index (χ1v) is 5.48. The van der Waals surface area contributed by atoms with Crippen molar-refractivity contribution >= 4 is 5.84 Å². The highest BCUT2D eigenvalue weighted by Crippen LogP contribution is 2.19. The molecule has 5 nitrogen and oxygen atoms in total. The summed E-state index contributed by atoms with van der Waals surface area (Å²) in [4.78, 5) is 0. The summed E-state index contributed by atoms with van der Waals surface area (Å²) in [5.41, 5.74) is 7.13. The number of nitrogens with zero attached hydrogens (tertiary/aromatic N) is 1. The number of oxime groups is 1. The lowest BCUT2D eigenvalue weighted by molar-refractivity contribution is 0.110. The van der Waals surface area contributed by atoms with Gasteiger partial charge in [-0.25, -0.2) is 0 Å². The van der Waals surface area contributed by atoms with Crippen LogP contribution >= 0.6 is 0 Å². The van der Waals surface area contributed by atoms with Crippen LogP contribution in [0.2, 0.25) is 0 Å². The van der Waals surface area contributed by atoms with Crippen LogP contribution in [-0.2, 0) is 4.74 Å². The van der Waals surface area contributed by atoms with E-state index in [0.717, 1.165) is 5.56 Å². The summed E-state index contributed by atoms with van der Waals surface area (Å²) < 4.78 is 10.7. The van der Waals surface area contributed by atoms with Gasteiger partial charge in [0.05, 0.1) is 6.61 Å². The maximum Gasteiger partial charge on any atom is 0.170 e. The van der Waals surface area contributed by atoms with Crippen molar-refractivity contribution in [3.05, 3.63) is 29.3 Å². The topological polar surface area (TPSA) is 77.1 Å². The molecule has 0 aliphatic rings. The molecule has 1 aromatic carbocycles. The van der Waals surface area contributed by atoms with Gasteiger partial charge in [-0.2, -0.15) is 0 Å². The Morgan fingerprint density at radius 1 is 1.41 bits per heavy atom. The molecule has 0 saturated carbocycles. The number of aryl methyl sites for hydroxylation is 1. The monoisotopic (exact) mass is 238 g/mol. The van der Waals surface area contributed by atoms with Crippen LogP contribution in [0.15, 0.2) is 23.4 Å². The fraction of sp³-hybridized carbons (Fsp3) is 0.417. The fourth-order valence-electron chi connectivity index (χ4n) is 1.33. The molecule has 0 saturated heterocycles. The summed E-state index contributed by atoms with van der Waals surface area (Å²) in [6.07, 6.45) is 0. The molecule has 0 aromatic heterocycles. The van der Waals surface area contributed by atoms with Gasteiger partial charge in [0.2, 0.25) is 0 Å². The lowest BCUT2D eigenvalue weighted by atomic mass is 10.1. The van der Waals surface area contributed by atoms with Crippen molar-refractivity contribution in [2.75, 3.05) is 19.8 Å². The number of amidine groups is 1. The van der Waals surface area contributed by atoms with Crippen LogP contribution in [0.1, 0.15) is 18.1 Å². The average Bonchev–Trinajstić information content (AvgIpc) is 2.35. The lowest BCUT2D eigenvalue weighted by Gasteiger charge is -2.10. The van der Waals surface area contributed by atoms with Crippen LogP contribution in [0.3, 0.4) is 0 Å². The minimum absolute atomic E-state index is 0.0691. The van der Waals surface area contributed by atoms with Gasteiger partial charge in [-0.05, 0) is 25.5 Å². The molecule has 0 spiro atoms. The van der Waals surface area contributed by atoms with Gasteiger partial charge in [-0.1, -0.05) is 17.3 Å². The number of benzene rings is 1. The normalized spacial score (nSPS) is 11.5. The zero-order valence-electron chi connectivity index (χ0n) is 10.1. The van der Waals surface area contributed by atoms with E-state index in [4.69, 9.17) is 20.4 Å². The summed E-state index contributed by atoms with van der Waals surface area (Å²) in [5, 5.41) is 11.5. The third-order valence-corrected chi connectivity index (χ3v) is 2.28. The zero-order valence-corrected chi connectivity index (χ0v) is 10.1. The first kappa shape index (κ1) is 13.3. The van der Waals surface area contributed by atoms with E-state index < -0.39 is 0 Å². The summed E-state index contributed by atoms with van der Waals surface area (Å²) >= 11 is 0. The first-order valence-electron chi connectivity index (χ1n) is 5.48. The molecule has 0 aliphatic heterocycles. The molecule has 0 bridgehead atoms. The first-order chi connectivity index (χ1) is 8.19. The lowest BCUT2D eigenvalue weighted by Crippen LogP contribution is -2.14. The number of ether oxygens (including phenoxy) is 2. The maximum atomic E-state index is 8.60. The van der Waals surface area contributed by atoms with E-state index >= 15 is 0 Å². The molecular weight excluding hydrogens is 220 g/mol. The quantitative estimate of drug-likeness (QED) is 0.259. The van der Waals surface area contributed by atoms with E-state index in [2.05, 4.69) is 5.16 Å². The molecule has 1 rings (SSSR count). The molecular formula is C12H18N2O3. The van der Waals surface area contributed by atoms with Gasteiger partial charge in [0.15, 0.2) is 5.84 Å². The number of hydrogen-bond acceptors (Lipinski definition) is 4. The Morgan fingerprint density at radius 3 is 2.82 bits per heavy atom. The van der Waals surface area contributed by atoms with Gasteiger partial charge in [-0.3, -0.25) is 0 Å². The Kier molecular flexibility index (Phi) is 5.29. The highest BCUT2D eigenvalue weighted by atomic mass is 16.5. The summed E-state index contributed by atoms with van der Waals surface area (Å²) in [7, 11) is 0. The standard InChI is InChI=1S/C12H18N2O3/c1-3-16-6-7-17-11-8-10(12(13)14-15)5-4-9(11)2/h4-5,8,15H,3,6-7H2,1-2H3,(H2,13,14). The van der Waals surface area contributed by atoms with E-state index in [-0.39, 0.29) is 5.84 Å². The zero-order chi connectivity index (χ0) is 12.7. The Morgan fingerprint density at radius 2 is 2.18 bits per heavy atom. The van der Waals surface area contributed by atoms with Crippen molar-refractivity contribution in [2.45, 2.75) is 13.8 Å². The highest BCUT2D eigenvalue weighted by molar-refractivity contribution is 5.97. The predicted octanol–water partition coefficient (Wildman–Crippen LogP) is 1.50. The predicted molar refractivity (Wildman–Crippen MR) is 65.7 cm³/mol. The van der Waals surface area contributed by atoms with Crippen LogP contribution in [0.25, 0.3) is 0 Å². The van der Waals surface area contributed by atoms with Gasteiger partial charge < -0.3 is 20.4 Å². The minimum atomic E-state index is 0.0691. The largest absolute Gasteiger partial charge is 0.491 e. The van der Waals surface area contributed by atoms with Crippen molar-refractivity contribution in [2.24, 2.45) is 10.9 Å². The molecule has 0 amide bonds. The van der Waals surface area contributed by atoms with E-state index in [9.17, 15) is 0 Å². The van der Waals surface area contributed by atoms with Gasteiger partial charge in [-0.15, -0.1) is 0 Å². The van der Waals surface area contributed by atoms with E-state index in [1.165, 1.54) is 0 Å². The Labute approximate surface area is 101 Å². The highest BCUT2D eigenvalue weighted by Gasteiger charge is 2.04. The van der Waals surface area contributed by atoms with Gasteiger partial charge >= 0.3 is 0 Å². The molecule has 3 N–H and O–H groups in total. The molecule has 17 heavy (non-hydrogen) atoms. The summed E-state index contributed by atoms with van der Waals surface area (Å²) in [5.74, 6) is 0.786. The number of nitrogens with two attached hydrogens (primary N) is 1. The molecule has 94 valence electrons. The molecule has 0 atom stereocenters. The van der Waals surface area contributed by atoms with Crippen molar-refractivity contribution in [1.29, 1.82) is 0 Å². The second kappa shape index (κ2) is 6.75. The third-order valence-electron chi connectivity index (χ3n) is 2.28. The van der Waals surface area contributed by atoms with Crippen molar-refractivity contribution < 1.29 is 14.7 Å². The van der Waals surface area contributed by atoms with E-state index in [1.54, 1.807) is 12.1 Å². The minimum Gasteiger partial charge on any atom is -0.491 e. The van der Waals surface area contributed by atoms with Crippen molar-refractivity contribution in [1.82, 2.24) is 0 Å². The van der Waals surface area contributed by atoms with Gasteiger partial charge in [0, 0.05) is 12.2 Å². The Hall–Kier alpha value is -1.75. The van der Waals surface area contributed by atoms with E-state index in [1.807, 2.05) is 19.9 Å². The van der Waals surface area contributed by atoms with Crippen LogP contribution < -0.4 is 10.5 Å². The third kappa shape index (κ3) is 3.96. The Bertz CT molecular complexity index is 391. The molecule has 0 unspecified atom stereocenters. The average molecular weight is 238 g/mol. The van der Waals surface area contributed by atoms with Gasteiger partial charge in [0.25, 0.3) is 0 Å². The van der Waals surface area contributed by atoms with Crippen LogP contribution in [-0.4, -0.2) is 30.9 Å². The Balaban J connectivity index is 2.70. The summed E-state index contributed by atoms with van der Waals surface area (Å²) in [6.45, 7) is 5.57. The number of rotatable bonds is 6. The maximum absolute atomic E-state index is 8.60. The summed E-state index contributed by atoms with van der Waals surface area (Å²) in [6, 6.07) is 5.39. The second-order valence-electron chi connectivity index (χ2n) is 3.51. The smallest absolute Gasteiger partial charge is 0.170 e. The van der Waals surface area contributed by atoms with E-state index in [0.29, 0.717) is 31.1 Å². The molecule has 0 aliphatic carbocycles. The molecule has 0 radical (unpaired) electrons. The molecule has 5 heteroatoms. The molecule has 1 aromatic rings. The van der Waals surface area contributed by atoms with Crippen LogP contribution in [0, 0.1) is 6.92 Å². The fourth-order valence-corrected chi connectivity index (χ4v) is 1.33. The number of hydrogen-bond donors (Lipinski definition) is 2. The SMILES string of the molecule is CCOCCOc1cc(/C(N)=N/O)ccc1C. The van der Waals surface area contributed by atoms with Crippen LogP contribution in [0.5, 0.6) is 5.75 Å². The second-order valence-corrected chi connectivity index (χ2v) is 3.51. The molecule has 0 fully saturated rings. The van der Waals surface area contributed by atoms with Gasteiger partial charge in [0.1, 0.15) is 12.4 Å². The van der Waals surface area contributed by atoms with Crippen molar-refractivity contribution in [3.8, 4) is 5.75 Å². The molecule has 0 heterocycles. The van der Waals surface area contributed by atoms with Crippen molar-refractivity contribution in [3.63, 3.8) is 0 Å².